The van der Waals surface area contributed by atoms with Crippen LogP contribution in [-0.2, 0) is 28.8 Å². The average Bonchev–Trinajstić information content (AvgIpc) is 2.69. The first-order chi connectivity index (χ1) is 15.2. The van der Waals surface area contributed by atoms with Gasteiger partial charge in [-0.1, -0.05) is 34.1 Å². The summed E-state index contributed by atoms with van der Waals surface area (Å²) in [4.78, 5) is 71.6. The first-order valence-corrected chi connectivity index (χ1v) is 10.6. The number of nitrogens with one attached hydrogen (secondary N) is 3. The van der Waals surface area contributed by atoms with E-state index in [4.69, 9.17) is 16.6 Å². The predicted molar refractivity (Wildman–Crippen MR) is 116 cm³/mol. The molecule has 0 bridgehead atoms. The van der Waals surface area contributed by atoms with Gasteiger partial charge in [0.2, 0.25) is 23.6 Å². The van der Waals surface area contributed by atoms with Gasteiger partial charge in [-0.05, 0) is 18.3 Å². The highest BCUT2D eigenvalue weighted by Crippen LogP contribution is 2.08. The maximum Gasteiger partial charge on any atom is 0.326 e. The number of carbonyl (C=O) groups is 6. The summed E-state index contributed by atoms with van der Waals surface area (Å²) in [6.45, 7) is 7.00. The maximum absolute atomic E-state index is 12.7. The molecule has 0 aromatic carbocycles. The fourth-order valence-corrected chi connectivity index (χ4v) is 2.81. The number of nitrogens with two attached hydrogens (primary N) is 2. The van der Waals surface area contributed by atoms with Crippen molar-refractivity contribution >= 4 is 35.6 Å². The number of carboxylic acids is 2. The third kappa shape index (κ3) is 11.3. The molecule has 0 aliphatic carbocycles. The molecule has 0 saturated heterocycles. The second-order valence-corrected chi connectivity index (χ2v) is 8.33. The number of amides is 4. The van der Waals surface area contributed by atoms with Crippen molar-refractivity contribution < 1.29 is 39.0 Å². The number of hydrogen-bond acceptors (Lipinski definition) is 7. The van der Waals surface area contributed by atoms with Gasteiger partial charge in [-0.2, -0.15) is 0 Å². The molecule has 0 aliphatic rings. The van der Waals surface area contributed by atoms with Gasteiger partial charge >= 0.3 is 11.9 Å². The molecule has 5 atom stereocenters. The lowest BCUT2D eigenvalue weighted by Crippen LogP contribution is -2.58. The van der Waals surface area contributed by atoms with Crippen LogP contribution in [0, 0.1) is 11.8 Å². The van der Waals surface area contributed by atoms with E-state index in [1.165, 1.54) is 0 Å². The van der Waals surface area contributed by atoms with Crippen LogP contribution in [0.15, 0.2) is 0 Å². The highest BCUT2D eigenvalue weighted by Gasteiger charge is 2.33. The zero-order valence-corrected chi connectivity index (χ0v) is 19.3. The molecule has 4 amide bonds. The van der Waals surface area contributed by atoms with Crippen molar-refractivity contribution in [3.8, 4) is 0 Å². The van der Waals surface area contributed by atoms with Gasteiger partial charge in [0.05, 0.1) is 18.9 Å². The summed E-state index contributed by atoms with van der Waals surface area (Å²) in [7, 11) is 0. The zero-order chi connectivity index (χ0) is 25.9. The third-order valence-electron chi connectivity index (χ3n) is 4.93. The van der Waals surface area contributed by atoms with Crippen molar-refractivity contribution in [2.24, 2.45) is 23.3 Å². The van der Waals surface area contributed by atoms with Crippen LogP contribution in [-0.4, -0.2) is 69.9 Å². The lowest BCUT2D eigenvalue weighted by molar-refractivity contribution is -0.144. The first kappa shape index (κ1) is 29.8. The van der Waals surface area contributed by atoms with E-state index in [9.17, 15) is 33.9 Å². The monoisotopic (exact) mass is 473 g/mol. The molecule has 0 rings (SSSR count). The van der Waals surface area contributed by atoms with E-state index in [2.05, 4.69) is 16.0 Å². The Morgan fingerprint density at radius 1 is 0.788 bits per heavy atom. The highest BCUT2D eigenvalue weighted by molar-refractivity contribution is 5.97. The van der Waals surface area contributed by atoms with E-state index >= 15 is 0 Å². The number of carbonyl (C=O) groups excluding carboxylic acids is 4. The second kappa shape index (κ2) is 14.0. The van der Waals surface area contributed by atoms with Crippen LogP contribution in [0.4, 0.5) is 0 Å². The minimum atomic E-state index is -1.67. The molecule has 5 unspecified atom stereocenters. The molecule has 0 aromatic heterocycles. The lowest BCUT2D eigenvalue weighted by Gasteiger charge is -2.25. The fourth-order valence-electron chi connectivity index (χ4n) is 2.81. The van der Waals surface area contributed by atoms with Gasteiger partial charge in [0, 0.05) is 0 Å². The van der Waals surface area contributed by atoms with Gasteiger partial charge < -0.3 is 37.6 Å². The first-order valence-electron chi connectivity index (χ1n) is 10.6. The van der Waals surface area contributed by atoms with E-state index in [0.717, 1.165) is 0 Å². The number of carboxylic acid groups (broad SMARTS) is 2. The molecule has 0 saturated carbocycles. The summed E-state index contributed by atoms with van der Waals surface area (Å²) >= 11 is 0. The van der Waals surface area contributed by atoms with Crippen molar-refractivity contribution in [3.05, 3.63) is 0 Å². The standard InChI is InChI=1S/C20H35N5O8/c1-5-10(4)16(22)19(31)24-11(7-14(21)26)17(29)23-12(8-15(27)28)18(30)25-13(20(32)33)6-9(2)3/h9-13,16H,5-8,22H2,1-4H3,(H2,21,26)(H,23,29)(H,24,31)(H,25,30)(H,27,28)(H,32,33). The number of rotatable bonds is 15. The SMILES string of the molecule is CCC(C)C(N)C(=O)NC(CC(N)=O)C(=O)NC(CC(=O)O)C(=O)NC(CC(C)C)C(=O)O. The Morgan fingerprint density at radius 3 is 1.64 bits per heavy atom. The van der Waals surface area contributed by atoms with E-state index in [1.807, 2.05) is 6.92 Å². The smallest absolute Gasteiger partial charge is 0.326 e. The van der Waals surface area contributed by atoms with Gasteiger partial charge in [0.15, 0.2) is 0 Å². The number of hydrogen-bond donors (Lipinski definition) is 7. The topological polar surface area (TPSA) is 231 Å². The van der Waals surface area contributed by atoms with Gasteiger partial charge in [-0.25, -0.2) is 4.79 Å². The van der Waals surface area contributed by atoms with Gasteiger partial charge in [0.1, 0.15) is 18.1 Å². The van der Waals surface area contributed by atoms with E-state index in [1.54, 1.807) is 20.8 Å². The highest BCUT2D eigenvalue weighted by atomic mass is 16.4. The molecule has 0 fully saturated rings. The Bertz CT molecular complexity index is 742. The minimum absolute atomic E-state index is 0.0721. The van der Waals surface area contributed by atoms with Crippen molar-refractivity contribution in [1.29, 1.82) is 0 Å². The molecular weight excluding hydrogens is 438 g/mol. The molecule has 0 radical (unpaired) electrons. The third-order valence-corrected chi connectivity index (χ3v) is 4.93. The molecule has 188 valence electrons. The average molecular weight is 474 g/mol. The van der Waals surface area contributed by atoms with E-state index in [0.29, 0.717) is 6.42 Å². The summed E-state index contributed by atoms with van der Waals surface area (Å²) in [6.07, 6.45) is -0.849. The summed E-state index contributed by atoms with van der Waals surface area (Å²) in [6, 6.07) is -5.47. The normalized spacial score (nSPS) is 15.5. The quantitative estimate of drug-likeness (QED) is 0.143. The Balaban J connectivity index is 5.58. The van der Waals surface area contributed by atoms with Crippen molar-refractivity contribution in [1.82, 2.24) is 16.0 Å². The largest absolute Gasteiger partial charge is 0.481 e. The molecule has 0 aromatic rings. The van der Waals surface area contributed by atoms with Crippen LogP contribution in [0.25, 0.3) is 0 Å². The van der Waals surface area contributed by atoms with Crippen LogP contribution >= 0.6 is 0 Å². The van der Waals surface area contributed by atoms with Crippen molar-refractivity contribution in [2.45, 2.75) is 77.5 Å². The Kier molecular flexibility index (Phi) is 12.7. The molecule has 0 heterocycles. The maximum atomic E-state index is 12.7. The summed E-state index contributed by atoms with van der Waals surface area (Å²) < 4.78 is 0. The number of primary amides is 1. The van der Waals surface area contributed by atoms with Crippen LogP contribution in [0.5, 0.6) is 0 Å². The van der Waals surface area contributed by atoms with Crippen LogP contribution in [0.3, 0.4) is 0 Å². The zero-order valence-electron chi connectivity index (χ0n) is 19.3. The summed E-state index contributed by atoms with van der Waals surface area (Å²) in [5.74, 6) is -6.85. The van der Waals surface area contributed by atoms with Gasteiger partial charge in [-0.3, -0.25) is 24.0 Å². The minimum Gasteiger partial charge on any atom is -0.481 e. The summed E-state index contributed by atoms with van der Waals surface area (Å²) in [5, 5.41) is 25.1. The molecule has 0 aliphatic heterocycles. The van der Waals surface area contributed by atoms with Gasteiger partial charge in [-0.15, -0.1) is 0 Å². The molecule has 0 spiro atoms. The predicted octanol–water partition coefficient (Wildman–Crippen LogP) is -1.70. The number of aliphatic carboxylic acids is 2. The molecular formula is C20H35N5O8. The Labute approximate surface area is 192 Å². The Morgan fingerprint density at radius 2 is 1.24 bits per heavy atom. The van der Waals surface area contributed by atoms with Crippen molar-refractivity contribution in [2.75, 3.05) is 0 Å². The van der Waals surface area contributed by atoms with E-state index in [-0.39, 0.29) is 18.3 Å². The molecule has 9 N–H and O–H groups in total. The molecule has 33 heavy (non-hydrogen) atoms. The van der Waals surface area contributed by atoms with Crippen molar-refractivity contribution in [3.63, 3.8) is 0 Å². The molecule has 13 nitrogen and oxygen atoms in total. The van der Waals surface area contributed by atoms with Crippen LogP contribution in [0.1, 0.15) is 53.4 Å². The van der Waals surface area contributed by atoms with Crippen LogP contribution < -0.4 is 27.4 Å². The van der Waals surface area contributed by atoms with Gasteiger partial charge in [0.25, 0.3) is 0 Å². The Hall–Kier alpha value is -3.22. The fraction of sp³-hybridized carbons (Fsp3) is 0.700. The molecule has 13 heteroatoms. The summed E-state index contributed by atoms with van der Waals surface area (Å²) in [5.41, 5.74) is 11.0. The lowest BCUT2D eigenvalue weighted by atomic mass is 9.99. The van der Waals surface area contributed by atoms with Crippen LogP contribution in [0.2, 0.25) is 0 Å². The van der Waals surface area contributed by atoms with E-state index < -0.39 is 72.6 Å². The second-order valence-electron chi connectivity index (χ2n) is 8.33.